The van der Waals surface area contributed by atoms with Gasteiger partial charge in [0.2, 0.25) is 0 Å². The summed E-state index contributed by atoms with van der Waals surface area (Å²) in [5, 5.41) is 7.50. The van der Waals surface area contributed by atoms with Crippen molar-refractivity contribution in [1.82, 2.24) is 19.8 Å². The molecule has 1 fully saturated rings. The zero-order valence-electron chi connectivity index (χ0n) is 12.9. The minimum atomic E-state index is -0.263. The highest BCUT2D eigenvalue weighted by Gasteiger charge is 2.29. The number of hydrazine groups is 1. The molecule has 22 heavy (non-hydrogen) atoms. The Labute approximate surface area is 134 Å². The molecule has 0 aromatic carbocycles. The summed E-state index contributed by atoms with van der Waals surface area (Å²) in [6, 6.07) is 0. The van der Waals surface area contributed by atoms with Gasteiger partial charge in [-0.15, -0.1) is 0 Å². The number of ether oxygens (including phenoxy) is 1. The highest BCUT2D eigenvalue weighted by Crippen LogP contribution is 2.20. The van der Waals surface area contributed by atoms with Crippen molar-refractivity contribution in [3.05, 3.63) is 22.5 Å². The zero-order valence-corrected chi connectivity index (χ0v) is 13.6. The average Bonchev–Trinajstić information content (AvgIpc) is 3.04. The number of halogens is 1. The molecule has 0 atom stereocenters. The minimum Gasteiger partial charge on any atom is -0.375 e. The lowest BCUT2D eigenvalue weighted by Crippen LogP contribution is -2.45. The number of rotatable bonds is 4. The van der Waals surface area contributed by atoms with Crippen molar-refractivity contribution < 1.29 is 14.3 Å². The van der Waals surface area contributed by atoms with Crippen molar-refractivity contribution in [2.45, 2.75) is 13.3 Å². The van der Waals surface area contributed by atoms with E-state index in [0.717, 1.165) is 12.1 Å². The monoisotopic (exact) mass is 326 g/mol. The molecule has 2 amide bonds. The van der Waals surface area contributed by atoms with Gasteiger partial charge in [0.25, 0.3) is 11.8 Å². The third kappa shape index (κ3) is 3.31. The SMILES string of the molecule is COCC(=O)N1CCCN1C(=O)/C=C/c1c(C)nn(C)c1Cl. The lowest BCUT2D eigenvalue weighted by molar-refractivity contribution is -0.157. The van der Waals surface area contributed by atoms with Crippen LogP contribution in [0.1, 0.15) is 17.7 Å². The van der Waals surface area contributed by atoms with E-state index in [4.69, 9.17) is 16.3 Å². The minimum absolute atomic E-state index is 0.0406. The molecule has 1 aliphatic heterocycles. The second-order valence-corrected chi connectivity index (χ2v) is 5.37. The van der Waals surface area contributed by atoms with Gasteiger partial charge in [-0.3, -0.25) is 14.3 Å². The third-order valence-electron chi connectivity index (χ3n) is 3.43. The highest BCUT2D eigenvalue weighted by molar-refractivity contribution is 6.31. The molecule has 1 aromatic rings. The zero-order chi connectivity index (χ0) is 16.3. The standard InChI is InChI=1S/C14H19ClN4O3/c1-10-11(14(15)17(2)16-10)5-6-12(20)18-7-4-8-19(18)13(21)9-22-3/h5-6H,4,7-9H2,1-3H3/b6-5+. The fourth-order valence-corrected chi connectivity index (χ4v) is 2.61. The normalized spacial score (nSPS) is 15.1. The van der Waals surface area contributed by atoms with Crippen LogP contribution in [0, 0.1) is 6.92 Å². The molecule has 0 aliphatic carbocycles. The van der Waals surface area contributed by atoms with E-state index in [2.05, 4.69) is 5.10 Å². The van der Waals surface area contributed by atoms with E-state index in [1.165, 1.54) is 23.2 Å². The Morgan fingerprint density at radius 1 is 1.36 bits per heavy atom. The van der Waals surface area contributed by atoms with Crippen molar-refractivity contribution in [3.63, 3.8) is 0 Å². The van der Waals surface area contributed by atoms with Crippen molar-refractivity contribution in [2.75, 3.05) is 26.8 Å². The maximum atomic E-state index is 12.3. The Hall–Kier alpha value is -1.86. The molecule has 0 radical (unpaired) electrons. The fraction of sp³-hybridized carbons (Fsp3) is 0.500. The van der Waals surface area contributed by atoms with Crippen LogP contribution in [0.3, 0.4) is 0 Å². The first-order chi connectivity index (χ1) is 10.5. The van der Waals surface area contributed by atoms with Gasteiger partial charge in [0, 0.05) is 38.9 Å². The molecule has 1 aromatic heterocycles. The largest absolute Gasteiger partial charge is 0.375 e. The predicted molar refractivity (Wildman–Crippen MR) is 81.9 cm³/mol. The van der Waals surface area contributed by atoms with Gasteiger partial charge in [-0.05, 0) is 19.4 Å². The quantitative estimate of drug-likeness (QED) is 0.775. The molecule has 0 spiro atoms. The summed E-state index contributed by atoms with van der Waals surface area (Å²) in [6.45, 7) is 2.81. The van der Waals surface area contributed by atoms with Gasteiger partial charge in [0.05, 0.1) is 5.69 Å². The maximum Gasteiger partial charge on any atom is 0.267 e. The molecule has 2 rings (SSSR count). The van der Waals surface area contributed by atoms with Crippen molar-refractivity contribution in [2.24, 2.45) is 7.05 Å². The molecule has 0 unspecified atom stereocenters. The number of amides is 2. The van der Waals surface area contributed by atoms with E-state index >= 15 is 0 Å². The smallest absolute Gasteiger partial charge is 0.267 e. The summed E-state index contributed by atoms with van der Waals surface area (Å²) in [5.74, 6) is -0.487. The summed E-state index contributed by atoms with van der Waals surface area (Å²) >= 11 is 6.12. The van der Waals surface area contributed by atoms with Crippen LogP contribution in [0.5, 0.6) is 0 Å². The van der Waals surface area contributed by atoms with Crippen molar-refractivity contribution in [1.29, 1.82) is 0 Å². The first kappa shape index (κ1) is 16.5. The Balaban J connectivity index is 2.11. The molecule has 0 bridgehead atoms. The molecule has 2 heterocycles. The Kier molecular flexibility index (Phi) is 5.20. The van der Waals surface area contributed by atoms with Crippen molar-refractivity contribution >= 4 is 29.5 Å². The summed E-state index contributed by atoms with van der Waals surface area (Å²) in [7, 11) is 3.19. The molecule has 0 saturated carbocycles. The number of hydrogen-bond donors (Lipinski definition) is 0. The van der Waals surface area contributed by atoms with Crippen LogP contribution >= 0.6 is 11.6 Å². The van der Waals surface area contributed by atoms with Gasteiger partial charge in [-0.25, -0.2) is 10.0 Å². The van der Waals surface area contributed by atoms with Crippen LogP contribution < -0.4 is 0 Å². The van der Waals surface area contributed by atoms with E-state index in [1.54, 1.807) is 17.8 Å². The van der Waals surface area contributed by atoms with Crippen LogP contribution in [-0.2, 0) is 21.4 Å². The number of methoxy groups -OCH3 is 1. The summed E-state index contributed by atoms with van der Waals surface area (Å²) < 4.78 is 6.38. The molecule has 8 heteroatoms. The van der Waals surface area contributed by atoms with Gasteiger partial charge < -0.3 is 4.74 Å². The lowest BCUT2D eigenvalue weighted by Gasteiger charge is -2.26. The second-order valence-electron chi connectivity index (χ2n) is 5.01. The van der Waals surface area contributed by atoms with E-state index < -0.39 is 0 Å². The highest BCUT2D eigenvalue weighted by atomic mass is 35.5. The van der Waals surface area contributed by atoms with E-state index in [1.807, 2.05) is 6.92 Å². The van der Waals surface area contributed by atoms with Crippen LogP contribution in [0.4, 0.5) is 0 Å². The van der Waals surface area contributed by atoms with Crippen molar-refractivity contribution in [3.8, 4) is 0 Å². The molecular weight excluding hydrogens is 308 g/mol. The van der Waals surface area contributed by atoms with Gasteiger partial charge in [-0.2, -0.15) is 5.10 Å². The van der Waals surface area contributed by atoms with Gasteiger partial charge in [0.15, 0.2) is 0 Å². The number of carbonyl (C=O) groups is 2. The van der Waals surface area contributed by atoms with Gasteiger partial charge in [-0.1, -0.05) is 11.6 Å². The van der Waals surface area contributed by atoms with E-state index in [0.29, 0.717) is 23.8 Å². The van der Waals surface area contributed by atoms with Crippen LogP contribution in [0.25, 0.3) is 6.08 Å². The number of aromatic nitrogens is 2. The Morgan fingerprint density at radius 3 is 2.64 bits per heavy atom. The average molecular weight is 327 g/mol. The maximum absolute atomic E-state index is 12.3. The molecule has 1 aliphatic rings. The first-order valence-electron chi connectivity index (χ1n) is 6.93. The summed E-state index contributed by atoms with van der Waals surface area (Å²) in [5.41, 5.74) is 1.44. The number of carbonyl (C=O) groups excluding carboxylic acids is 2. The first-order valence-corrected chi connectivity index (χ1v) is 7.31. The summed E-state index contributed by atoms with van der Waals surface area (Å²) in [6.07, 6.45) is 3.79. The molecule has 7 nitrogen and oxygen atoms in total. The molecule has 1 saturated heterocycles. The van der Waals surface area contributed by atoms with Gasteiger partial charge >= 0.3 is 0 Å². The predicted octanol–water partition coefficient (Wildman–Crippen LogP) is 1.02. The van der Waals surface area contributed by atoms with E-state index in [-0.39, 0.29) is 18.4 Å². The molecular formula is C14H19ClN4O3. The number of nitrogens with zero attached hydrogens (tertiary/aromatic N) is 4. The summed E-state index contributed by atoms with van der Waals surface area (Å²) in [4.78, 5) is 24.2. The Bertz CT molecular complexity index is 611. The van der Waals surface area contributed by atoms with E-state index in [9.17, 15) is 9.59 Å². The topological polar surface area (TPSA) is 67.7 Å². The molecule has 0 N–H and O–H groups in total. The Morgan fingerprint density at radius 2 is 2.05 bits per heavy atom. The molecule has 120 valence electrons. The number of aryl methyl sites for hydroxylation is 2. The number of hydrogen-bond acceptors (Lipinski definition) is 4. The second kappa shape index (κ2) is 6.93. The van der Waals surface area contributed by atoms with Crippen LogP contribution in [0.2, 0.25) is 5.15 Å². The van der Waals surface area contributed by atoms with Gasteiger partial charge in [0.1, 0.15) is 11.8 Å². The third-order valence-corrected chi connectivity index (χ3v) is 3.88. The van der Waals surface area contributed by atoms with Crippen LogP contribution in [-0.4, -0.2) is 58.4 Å². The van der Waals surface area contributed by atoms with Crippen LogP contribution in [0.15, 0.2) is 6.08 Å². The lowest BCUT2D eigenvalue weighted by atomic mass is 10.2. The fourth-order valence-electron chi connectivity index (χ4n) is 2.37.